The monoisotopic (exact) mass is 452 g/mol. The largest absolute Gasteiger partial charge is 0.416 e. The summed E-state index contributed by atoms with van der Waals surface area (Å²) in [5.41, 5.74) is 0.139. The van der Waals surface area contributed by atoms with Crippen LogP contribution in [-0.4, -0.2) is 41.3 Å². The molecule has 0 saturated carbocycles. The van der Waals surface area contributed by atoms with E-state index in [0.29, 0.717) is 17.8 Å². The highest BCUT2D eigenvalue weighted by atomic mass is 19.4. The molecule has 11 heteroatoms. The summed E-state index contributed by atoms with van der Waals surface area (Å²) in [4.78, 5) is 36.3. The van der Waals surface area contributed by atoms with E-state index in [0.717, 1.165) is 22.1 Å². The molecule has 0 unspecified atom stereocenters. The first-order valence-electron chi connectivity index (χ1n) is 9.54. The van der Waals surface area contributed by atoms with Gasteiger partial charge in [0.05, 0.1) is 17.0 Å². The zero-order valence-corrected chi connectivity index (χ0v) is 17.9. The first kappa shape index (κ1) is 24.6. The number of amides is 2. The van der Waals surface area contributed by atoms with Crippen molar-refractivity contribution >= 4 is 28.9 Å². The van der Waals surface area contributed by atoms with E-state index in [1.165, 1.54) is 14.0 Å². The van der Waals surface area contributed by atoms with Crippen LogP contribution in [0.1, 0.15) is 23.6 Å². The van der Waals surface area contributed by atoms with Crippen LogP contribution in [0.2, 0.25) is 0 Å². The molecular weight excluding hydrogens is 429 g/mol. The number of para-hydroxylation sites is 1. The van der Waals surface area contributed by atoms with Gasteiger partial charge in [0.25, 0.3) is 5.69 Å². The number of carbonyl (C=O) groups is 2. The lowest BCUT2D eigenvalue weighted by Gasteiger charge is -2.23. The van der Waals surface area contributed by atoms with Crippen LogP contribution < -0.4 is 10.6 Å². The van der Waals surface area contributed by atoms with E-state index in [2.05, 4.69) is 10.6 Å². The molecule has 0 bridgehead atoms. The molecule has 2 aromatic carbocycles. The first-order chi connectivity index (χ1) is 14.8. The van der Waals surface area contributed by atoms with Crippen molar-refractivity contribution in [2.24, 2.45) is 0 Å². The predicted molar refractivity (Wildman–Crippen MR) is 113 cm³/mol. The second kappa shape index (κ2) is 9.67. The molecular formula is C21H23F3N4O4. The maximum Gasteiger partial charge on any atom is 0.416 e. The van der Waals surface area contributed by atoms with Crippen LogP contribution in [0.4, 0.5) is 30.2 Å². The number of likely N-dealkylation sites (N-methyl/N-ethyl adjacent to an activating group) is 1. The number of aryl methyl sites for hydroxylation is 2. The van der Waals surface area contributed by atoms with Gasteiger partial charge < -0.3 is 15.5 Å². The normalized spacial score (nSPS) is 12.1. The van der Waals surface area contributed by atoms with Crippen molar-refractivity contribution in [1.82, 2.24) is 4.90 Å². The van der Waals surface area contributed by atoms with E-state index in [-0.39, 0.29) is 12.2 Å². The fourth-order valence-corrected chi connectivity index (χ4v) is 3.09. The summed E-state index contributed by atoms with van der Waals surface area (Å²) >= 11 is 0. The third-order valence-corrected chi connectivity index (χ3v) is 4.77. The number of halogens is 3. The second-order valence-corrected chi connectivity index (χ2v) is 7.36. The Bertz CT molecular complexity index is 1020. The van der Waals surface area contributed by atoms with Crippen molar-refractivity contribution in [3.8, 4) is 0 Å². The lowest BCUT2D eigenvalue weighted by Crippen LogP contribution is -2.42. The molecule has 0 heterocycles. The van der Waals surface area contributed by atoms with Gasteiger partial charge in [-0.3, -0.25) is 19.7 Å². The number of nitrogens with one attached hydrogen (secondary N) is 2. The van der Waals surface area contributed by atoms with Crippen molar-refractivity contribution in [2.75, 3.05) is 24.2 Å². The minimum absolute atomic E-state index is 0.239. The average Bonchev–Trinajstić information content (AvgIpc) is 2.69. The van der Waals surface area contributed by atoms with E-state index in [4.69, 9.17) is 0 Å². The predicted octanol–water partition coefficient (Wildman–Crippen LogP) is 4.13. The van der Waals surface area contributed by atoms with E-state index in [9.17, 15) is 32.9 Å². The van der Waals surface area contributed by atoms with Crippen LogP contribution in [0.5, 0.6) is 0 Å². The van der Waals surface area contributed by atoms with Gasteiger partial charge in [-0.25, -0.2) is 0 Å². The maximum absolute atomic E-state index is 12.8. The Labute approximate surface area is 182 Å². The quantitative estimate of drug-likeness (QED) is 0.486. The number of carbonyl (C=O) groups excluding carboxylic acids is 2. The number of anilines is 2. The molecule has 2 N–H and O–H groups in total. The van der Waals surface area contributed by atoms with Crippen LogP contribution in [0.25, 0.3) is 0 Å². The average molecular weight is 452 g/mol. The third-order valence-electron chi connectivity index (χ3n) is 4.77. The highest BCUT2D eigenvalue weighted by Crippen LogP contribution is 2.35. The summed E-state index contributed by atoms with van der Waals surface area (Å²) in [5, 5.41) is 16.5. The standard InChI is InChI=1S/C21H23F3N4O4/c1-12-6-5-7-13(2)19(12)26-18(29)11-27(4)20(30)14(3)25-16-9-8-15(21(22,23)24)10-17(16)28(31)32/h5-10,14,25H,11H2,1-4H3,(H,26,29)/t14-/m0/s1. The Morgan fingerprint density at radius 1 is 1.16 bits per heavy atom. The number of nitro groups is 1. The maximum atomic E-state index is 12.8. The van der Waals surface area contributed by atoms with E-state index >= 15 is 0 Å². The molecule has 1 atom stereocenters. The lowest BCUT2D eigenvalue weighted by molar-refractivity contribution is -0.384. The molecule has 2 amide bonds. The molecule has 8 nitrogen and oxygen atoms in total. The van der Waals surface area contributed by atoms with E-state index in [1.54, 1.807) is 0 Å². The van der Waals surface area contributed by atoms with Crippen LogP contribution in [0.15, 0.2) is 36.4 Å². The fraction of sp³-hybridized carbons (Fsp3) is 0.333. The number of nitro benzene ring substituents is 1. The molecule has 0 aliphatic rings. The van der Waals surface area contributed by atoms with Gasteiger partial charge in [-0.1, -0.05) is 18.2 Å². The summed E-state index contributed by atoms with van der Waals surface area (Å²) in [6.07, 6.45) is -4.74. The molecule has 0 aromatic heterocycles. The molecule has 0 fully saturated rings. The van der Waals surface area contributed by atoms with Gasteiger partial charge in [-0.05, 0) is 44.0 Å². The van der Waals surface area contributed by atoms with E-state index < -0.39 is 40.2 Å². The smallest absolute Gasteiger partial charge is 0.368 e. The van der Waals surface area contributed by atoms with Gasteiger partial charge in [0, 0.05) is 18.8 Å². The van der Waals surface area contributed by atoms with Gasteiger partial charge in [-0.2, -0.15) is 13.2 Å². The van der Waals surface area contributed by atoms with Gasteiger partial charge in [0.15, 0.2) is 0 Å². The van der Waals surface area contributed by atoms with Crippen LogP contribution in [0.3, 0.4) is 0 Å². The van der Waals surface area contributed by atoms with Crippen LogP contribution in [0, 0.1) is 24.0 Å². The minimum Gasteiger partial charge on any atom is -0.368 e. The number of hydrogen-bond acceptors (Lipinski definition) is 5. The highest BCUT2D eigenvalue weighted by molar-refractivity contribution is 5.96. The molecule has 2 rings (SSSR count). The van der Waals surface area contributed by atoms with Crippen molar-refractivity contribution < 1.29 is 27.7 Å². The molecule has 2 aromatic rings. The van der Waals surface area contributed by atoms with Crippen LogP contribution in [-0.2, 0) is 15.8 Å². The summed E-state index contributed by atoms with van der Waals surface area (Å²) in [7, 11) is 1.38. The SMILES string of the molecule is Cc1cccc(C)c1NC(=O)CN(C)C(=O)[C@H](C)Nc1ccc(C(F)(F)F)cc1[N+](=O)[O-]. The summed E-state index contributed by atoms with van der Waals surface area (Å²) in [5.74, 6) is -1.01. The Hall–Kier alpha value is -3.63. The van der Waals surface area contributed by atoms with Gasteiger partial charge in [0.2, 0.25) is 11.8 Å². The Morgan fingerprint density at radius 2 is 1.75 bits per heavy atom. The summed E-state index contributed by atoms with van der Waals surface area (Å²) < 4.78 is 38.5. The van der Waals surface area contributed by atoms with Gasteiger partial charge in [0.1, 0.15) is 11.7 Å². The Balaban J connectivity index is 2.08. The minimum atomic E-state index is -4.74. The first-order valence-corrected chi connectivity index (χ1v) is 9.54. The number of hydrogen-bond donors (Lipinski definition) is 2. The molecule has 0 radical (unpaired) electrons. The van der Waals surface area contributed by atoms with Crippen molar-refractivity contribution in [1.29, 1.82) is 0 Å². The molecule has 0 saturated heterocycles. The molecule has 32 heavy (non-hydrogen) atoms. The van der Waals surface area contributed by atoms with Gasteiger partial charge >= 0.3 is 6.18 Å². The van der Waals surface area contributed by atoms with E-state index in [1.807, 2.05) is 32.0 Å². The highest BCUT2D eigenvalue weighted by Gasteiger charge is 2.33. The Kier molecular flexibility index (Phi) is 7.44. The van der Waals surface area contributed by atoms with Crippen molar-refractivity contribution in [3.05, 3.63) is 63.2 Å². The van der Waals surface area contributed by atoms with Gasteiger partial charge in [-0.15, -0.1) is 0 Å². The number of alkyl halides is 3. The zero-order valence-electron chi connectivity index (χ0n) is 17.9. The molecule has 0 aliphatic carbocycles. The molecule has 0 spiro atoms. The Morgan fingerprint density at radius 3 is 2.28 bits per heavy atom. The third kappa shape index (κ3) is 5.96. The van der Waals surface area contributed by atoms with Crippen LogP contribution >= 0.6 is 0 Å². The topological polar surface area (TPSA) is 105 Å². The molecule has 0 aliphatic heterocycles. The number of benzene rings is 2. The van der Waals surface area contributed by atoms with Crippen molar-refractivity contribution in [3.63, 3.8) is 0 Å². The summed E-state index contributed by atoms with van der Waals surface area (Å²) in [6, 6.07) is 6.47. The number of rotatable bonds is 7. The summed E-state index contributed by atoms with van der Waals surface area (Å²) in [6.45, 7) is 4.78. The second-order valence-electron chi connectivity index (χ2n) is 7.36. The fourth-order valence-electron chi connectivity index (χ4n) is 3.09. The number of nitrogens with zero attached hydrogens (tertiary/aromatic N) is 2. The van der Waals surface area contributed by atoms with Crippen molar-refractivity contribution in [2.45, 2.75) is 33.0 Å². The molecule has 172 valence electrons. The lowest BCUT2D eigenvalue weighted by atomic mass is 10.1. The zero-order chi connectivity index (χ0) is 24.2.